The molecule has 12 nitrogen and oxygen atoms in total. The number of rotatable bonds is 14. The van der Waals surface area contributed by atoms with Crippen molar-refractivity contribution in [1.82, 2.24) is 9.80 Å². The van der Waals surface area contributed by atoms with Crippen LogP contribution in [0.5, 0.6) is 23.0 Å². The summed E-state index contributed by atoms with van der Waals surface area (Å²) in [4.78, 5) is 51.3. The number of carboxylic acid groups (broad SMARTS) is 2. The molecule has 2 aromatic carbocycles. The summed E-state index contributed by atoms with van der Waals surface area (Å²) >= 11 is 10.4. The molecular weight excluding hydrogens is 688 g/mol. The Morgan fingerprint density at radius 1 is 0.891 bits per heavy atom. The molecule has 2 amide bonds. The molecule has 2 aliphatic rings. The summed E-state index contributed by atoms with van der Waals surface area (Å²) in [7, 11) is 3.02. The molecule has 0 bridgehead atoms. The number of aliphatic carboxylic acids is 2. The highest BCUT2D eigenvalue weighted by Gasteiger charge is 2.38. The zero-order valence-electron chi connectivity index (χ0n) is 26.4. The van der Waals surface area contributed by atoms with Crippen LogP contribution in [0.25, 0.3) is 0 Å². The van der Waals surface area contributed by atoms with Crippen LogP contribution in [0, 0.1) is 11.8 Å². The fourth-order valence-corrected chi connectivity index (χ4v) is 6.78. The Morgan fingerprint density at radius 3 is 2.02 bits per heavy atom. The van der Waals surface area contributed by atoms with Crippen LogP contribution in [-0.4, -0.2) is 71.2 Å². The fourth-order valence-electron chi connectivity index (χ4n) is 5.59. The molecule has 0 aromatic heterocycles. The number of hydrogen-bond donors (Lipinski definition) is 2. The lowest BCUT2D eigenvalue weighted by molar-refractivity contribution is -0.146. The second-order valence-electron chi connectivity index (χ2n) is 11.5. The summed E-state index contributed by atoms with van der Waals surface area (Å²) in [5.74, 6) is -2.36. The van der Waals surface area contributed by atoms with E-state index < -0.39 is 23.8 Å². The van der Waals surface area contributed by atoms with Crippen LogP contribution in [0.1, 0.15) is 68.3 Å². The van der Waals surface area contributed by atoms with Crippen molar-refractivity contribution in [3.05, 3.63) is 43.9 Å². The summed E-state index contributed by atoms with van der Waals surface area (Å²) in [6.45, 7) is 6.35. The molecule has 2 heterocycles. The number of nitrogens with zero attached hydrogens (tertiary/aromatic N) is 2. The zero-order valence-corrected chi connectivity index (χ0v) is 28.7. The minimum Gasteiger partial charge on any atom is -0.493 e. The quantitative estimate of drug-likeness (QED) is 0.241. The van der Waals surface area contributed by atoms with E-state index in [9.17, 15) is 24.3 Å². The Labute approximate surface area is 280 Å². The summed E-state index contributed by atoms with van der Waals surface area (Å²) in [5, 5.41) is 18.7. The smallest absolute Gasteiger partial charge is 0.306 e. The molecule has 0 spiro atoms. The molecule has 250 valence electrons. The van der Waals surface area contributed by atoms with Crippen LogP contribution in [0.3, 0.4) is 0 Å². The highest BCUT2D eigenvalue weighted by Crippen LogP contribution is 2.52. The van der Waals surface area contributed by atoms with Crippen molar-refractivity contribution in [2.75, 3.05) is 27.4 Å². The molecule has 2 N–H and O–H groups in total. The summed E-state index contributed by atoms with van der Waals surface area (Å²) in [6.07, 6.45) is 0.290. The van der Waals surface area contributed by atoms with Gasteiger partial charge < -0.3 is 39.0 Å². The van der Waals surface area contributed by atoms with Gasteiger partial charge in [0.2, 0.25) is 11.8 Å². The van der Waals surface area contributed by atoms with Crippen LogP contribution in [0.15, 0.2) is 16.6 Å². The number of halogens is 2. The third-order valence-corrected chi connectivity index (χ3v) is 9.52. The van der Waals surface area contributed by atoms with E-state index >= 15 is 0 Å². The monoisotopic (exact) mass is 724 g/mol. The van der Waals surface area contributed by atoms with Gasteiger partial charge in [-0.1, -0.05) is 25.4 Å². The van der Waals surface area contributed by atoms with Gasteiger partial charge in [-0.15, -0.1) is 0 Å². The predicted octanol–water partition coefficient (Wildman–Crippen LogP) is 5.43. The molecular formula is C32H38BrClN2O10. The molecule has 46 heavy (non-hydrogen) atoms. The van der Waals surface area contributed by atoms with E-state index in [-0.39, 0.29) is 50.5 Å². The molecule has 0 saturated carbocycles. The number of methoxy groups -OCH3 is 2. The average molecular weight is 726 g/mol. The Kier molecular flexibility index (Phi) is 11.3. The largest absolute Gasteiger partial charge is 0.493 e. The number of benzene rings is 2. The topological polar surface area (TPSA) is 152 Å². The van der Waals surface area contributed by atoms with E-state index in [0.717, 1.165) is 16.7 Å². The number of hydrogen-bond acceptors (Lipinski definition) is 8. The molecule has 0 aliphatic carbocycles. The van der Waals surface area contributed by atoms with E-state index in [1.165, 1.54) is 28.1 Å². The maximum absolute atomic E-state index is 13.0. The van der Waals surface area contributed by atoms with Gasteiger partial charge in [0.25, 0.3) is 0 Å². The summed E-state index contributed by atoms with van der Waals surface area (Å²) in [5.41, 5.74) is 3.32. The number of ether oxygens (including phenoxy) is 4. The third kappa shape index (κ3) is 7.30. The molecule has 0 saturated heterocycles. The first-order chi connectivity index (χ1) is 21.8. The Hall–Kier alpha value is -3.71. The summed E-state index contributed by atoms with van der Waals surface area (Å²) < 4.78 is 23.9. The normalized spacial score (nSPS) is 16.4. The maximum Gasteiger partial charge on any atom is 0.306 e. The third-order valence-electron chi connectivity index (χ3n) is 8.33. The SMILES string of the molecule is COc1cc2c(cc1OCCCOc1c(Br)c3c(c(Cl)c1OC)CN(C(=O)C[C@H](C)C(=O)O)C3C)CN(C(=O)C[C@H](C)C(=O)O)C2. The summed E-state index contributed by atoms with van der Waals surface area (Å²) in [6, 6.07) is 3.31. The minimum absolute atomic E-state index is 0.0679. The van der Waals surface area contributed by atoms with Gasteiger partial charge in [-0.2, -0.15) is 0 Å². The van der Waals surface area contributed by atoms with Crippen molar-refractivity contribution >= 4 is 51.3 Å². The van der Waals surface area contributed by atoms with Gasteiger partial charge in [0.1, 0.15) is 0 Å². The maximum atomic E-state index is 13.0. The Balaban J connectivity index is 1.39. The second-order valence-corrected chi connectivity index (χ2v) is 12.7. The predicted molar refractivity (Wildman–Crippen MR) is 170 cm³/mol. The van der Waals surface area contributed by atoms with E-state index in [4.69, 9.17) is 35.7 Å². The molecule has 14 heteroatoms. The van der Waals surface area contributed by atoms with Crippen molar-refractivity contribution in [3.8, 4) is 23.0 Å². The molecule has 4 rings (SSSR count). The first-order valence-electron chi connectivity index (χ1n) is 14.8. The van der Waals surface area contributed by atoms with Crippen molar-refractivity contribution in [2.45, 2.75) is 65.7 Å². The number of carbonyl (C=O) groups excluding carboxylic acids is 2. The van der Waals surface area contributed by atoms with Gasteiger partial charge in [-0.05, 0) is 51.7 Å². The molecule has 0 fully saturated rings. The number of carbonyl (C=O) groups is 4. The zero-order chi connectivity index (χ0) is 33.9. The number of carboxylic acids is 2. The number of fused-ring (bicyclic) bond motifs is 2. The minimum atomic E-state index is -1.03. The highest BCUT2D eigenvalue weighted by atomic mass is 79.9. The van der Waals surface area contributed by atoms with E-state index in [1.807, 2.05) is 19.1 Å². The lowest BCUT2D eigenvalue weighted by atomic mass is 10.0. The van der Waals surface area contributed by atoms with E-state index in [2.05, 4.69) is 15.9 Å². The lowest BCUT2D eigenvalue weighted by Gasteiger charge is -2.23. The molecule has 3 atom stereocenters. The van der Waals surface area contributed by atoms with Crippen LogP contribution < -0.4 is 18.9 Å². The molecule has 2 aliphatic heterocycles. The Morgan fingerprint density at radius 2 is 1.46 bits per heavy atom. The van der Waals surface area contributed by atoms with Crippen molar-refractivity contribution < 1.29 is 48.3 Å². The van der Waals surface area contributed by atoms with Gasteiger partial charge in [0.15, 0.2) is 23.0 Å². The molecule has 2 aromatic rings. The molecule has 1 unspecified atom stereocenters. The lowest BCUT2D eigenvalue weighted by Crippen LogP contribution is -2.30. The van der Waals surface area contributed by atoms with E-state index in [1.54, 1.807) is 9.80 Å². The standard InChI is InChI=1S/C32H38BrClN2O10/c1-16(31(39)40)9-24(37)35-13-19-11-22(43-4)23(12-20(19)14-35)45-7-6-8-46-29-27(33)26-18(3)36(25(38)10-17(2)32(41)42)15-21(26)28(34)30(29)44-5/h11-12,16-18H,6-10,13-15H2,1-5H3,(H,39,40)(H,41,42)/t16-,17-,18?/m0/s1. The van der Waals surface area contributed by atoms with Crippen molar-refractivity contribution in [3.63, 3.8) is 0 Å². The highest BCUT2D eigenvalue weighted by molar-refractivity contribution is 9.10. The van der Waals surface area contributed by atoms with Crippen molar-refractivity contribution in [1.29, 1.82) is 0 Å². The van der Waals surface area contributed by atoms with Gasteiger partial charge in [0.05, 0.1) is 54.8 Å². The van der Waals surface area contributed by atoms with Crippen LogP contribution in [0.4, 0.5) is 0 Å². The van der Waals surface area contributed by atoms with Crippen molar-refractivity contribution in [2.24, 2.45) is 11.8 Å². The van der Waals surface area contributed by atoms with Gasteiger partial charge >= 0.3 is 11.9 Å². The molecule has 0 radical (unpaired) electrons. The first kappa shape index (κ1) is 35.1. The fraction of sp³-hybridized carbons (Fsp3) is 0.500. The van der Waals surface area contributed by atoms with Crippen LogP contribution in [0.2, 0.25) is 5.02 Å². The van der Waals surface area contributed by atoms with E-state index in [0.29, 0.717) is 57.6 Å². The number of amides is 2. The van der Waals surface area contributed by atoms with Gasteiger partial charge in [0, 0.05) is 44.5 Å². The second kappa shape index (κ2) is 14.8. The van der Waals surface area contributed by atoms with Gasteiger partial charge in [-0.3, -0.25) is 19.2 Å². The van der Waals surface area contributed by atoms with Crippen LogP contribution in [-0.2, 0) is 38.8 Å². The first-order valence-corrected chi connectivity index (χ1v) is 16.0. The van der Waals surface area contributed by atoms with Crippen LogP contribution >= 0.6 is 27.5 Å². The average Bonchev–Trinajstić information content (AvgIpc) is 3.59. The van der Waals surface area contributed by atoms with Gasteiger partial charge in [-0.25, -0.2) is 0 Å². The Bertz CT molecular complexity index is 1530.